The van der Waals surface area contributed by atoms with Crippen molar-refractivity contribution < 1.29 is 27.4 Å². The van der Waals surface area contributed by atoms with Gasteiger partial charge < -0.3 is 20.1 Å². The molecule has 1 atom stereocenters. The van der Waals surface area contributed by atoms with E-state index in [0.717, 1.165) is 25.0 Å². The van der Waals surface area contributed by atoms with Crippen molar-refractivity contribution in [3.63, 3.8) is 0 Å². The second kappa shape index (κ2) is 12.3. The summed E-state index contributed by atoms with van der Waals surface area (Å²) in [4.78, 5) is 23.5. The number of allylic oxidation sites excluding steroid dienone is 1. The number of aromatic nitrogens is 4. The van der Waals surface area contributed by atoms with Crippen molar-refractivity contribution in [2.75, 3.05) is 32.0 Å². The molecule has 2 aliphatic rings. The van der Waals surface area contributed by atoms with E-state index < -0.39 is 17.5 Å². The van der Waals surface area contributed by atoms with Crippen LogP contribution in [0.2, 0.25) is 0 Å². The number of fused-ring (bicyclic) bond motifs is 1. The number of hydrogen-bond donors (Lipinski definition) is 1. The Hall–Kier alpha value is -4.96. The average molecular weight is 604 g/mol. The van der Waals surface area contributed by atoms with Gasteiger partial charge in [-0.1, -0.05) is 12.1 Å². The van der Waals surface area contributed by atoms with E-state index in [1.807, 2.05) is 0 Å². The number of anilines is 1. The van der Waals surface area contributed by atoms with Gasteiger partial charge in [0.15, 0.2) is 17.2 Å². The Kier molecular flexibility index (Phi) is 8.17. The van der Waals surface area contributed by atoms with Crippen LogP contribution in [0.4, 0.5) is 19.0 Å². The molecule has 2 fully saturated rings. The molecule has 10 nitrogen and oxygen atoms in total. The maximum atomic E-state index is 15.5. The maximum absolute atomic E-state index is 15.5. The van der Waals surface area contributed by atoms with Gasteiger partial charge in [-0.3, -0.25) is 4.79 Å². The summed E-state index contributed by atoms with van der Waals surface area (Å²) in [7, 11) is 0. The van der Waals surface area contributed by atoms with Gasteiger partial charge in [0.1, 0.15) is 41.0 Å². The van der Waals surface area contributed by atoms with Crippen LogP contribution in [0.5, 0.6) is 11.5 Å². The minimum absolute atomic E-state index is 0.0488. The number of benzene rings is 2. The summed E-state index contributed by atoms with van der Waals surface area (Å²) in [5.74, 6) is -3.60. The number of piperidine rings is 1. The number of nitrogens with two attached hydrogens (primary N) is 1. The summed E-state index contributed by atoms with van der Waals surface area (Å²) in [6.07, 6.45) is 5.87. The highest BCUT2D eigenvalue weighted by Gasteiger charge is 2.31. The lowest BCUT2D eigenvalue weighted by Gasteiger charge is -2.33. The number of amides is 1. The fourth-order valence-corrected chi connectivity index (χ4v) is 5.66. The van der Waals surface area contributed by atoms with Crippen molar-refractivity contribution in [3.8, 4) is 28.8 Å². The standard InChI is InChI=1S/C31H28F3N7O3/c32-23-4-1-5-25(27(23)34)44-21-6-7-22(24(33)14-21)28-26-29(36)37-17-38-30(26)41(39-28)20-3-2-10-40(16-20)31(42)19(15-35)13-18-8-11-43-12-9-18/h1,4-7,13-14,17-18,20H,2-3,8-12,16H2,(H2,36,37,38)/b19-13-/t20-/m0/s1. The monoisotopic (exact) mass is 603 g/mol. The Morgan fingerprint density at radius 2 is 1.93 bits per heavy atom. The van der Waals surface area contributed by atoms with E-state index in [9.17, 15) is 18.8 Å². The predicted octanol–water partition coefficient (Wildman–Crippen LogP) is 5.33. The smallest absolute Gasteiger partial charge is 0.264 e. The zero-order valence-electron chi connectivity index (χ0n) is 23.5. The van der Waals surface area contributed by atoms with Gasteiger partial charge in [-0.05, 0) is 55.9 Å². The number of nitrogen functional groups attached to an aromatic ring is 1. The molecule has 2 aromatic heterocycles. The summed E-state index contributed by atoms with van der Waals surface area (Å²) in [6, 6.07) is 9.06. The molecule has 0 unspecified atom stereocenters. The summed E-state index contributed by atoms with van der Waals surface area (Å²) in [6.45, 7) is 1.94. The predicted molar refractivity (Wildman–Crippen MR) is 154 cm³/mol. The van der Waals surface area contributed by atoms with Gasteiger partial charge in [0, 0.05) is 37.9 Å². The molecule has 0 radical (unpaired) electrons. The zero-order chi connectivity index (χ0) is 30.8. The Morgan fingerprint density at radius 3 is 2.70 bits per heavy atom. The highest BCUT2D eigenvalue weighted by Crippen LogP contribution is 2.37. The normalized spacial score (nSPS) is 17.9. The minimum Gasteiger partial charge on any atom is -0.454 e. The number of carbonyl (C=O) groups excluding carboxylic acids is 1. The third kappa shape index (κ3) is 5.68. The van der Waals surface area contributed by atoms with Crippen molar-refractivity contribution in [2.24, 2.45) is 5.92 Å². The van der Waals surface area contributed by atoms with Crippen LogP contribution >= 0.6 is 0 Å². The van der Waals surface area contributed by atoms with Gasteiger partial charge in [0.05, 0.1) is 11.4 Å². The lowest BCUT2D eigenvalue weighted by atomic mass is 9.96. The maximum Gasteiger partial charge on any atom is 0.264 e. The SMILES string of the molecule is N#C/C(=C/C1CCOCC1)C(=O)N1CCC[C@H](n2nc(-c3ccc(Oc4cccc(F)c4F)cc3F)c3c(N)ncnc32)C1. The molecule has 2 saturated heterocycles. The van der Waals surface area contributed by atoms with Crippen molar-refractivity contribution in [3.05, 3.63) is 71.8 Å². The van der Waals surface area contributed by atoms with E-state index in [2.05, 4.69) is 16.0 Å². The topological polar surface area (TPSA) is 132 Å². The highest BCUT2D eigenvalue weighted by molar-refractivity contribution is 5.99. The Balaban J connectivity index is 1.30. The number of rotatable bonds is 6. The highest BCUT2D eigenvalue weighted by atomic mass is 19.2. The van der Waals surface area contributed by atoms with Gasteiger partial charge in [-0.2, -0.15) is 14.8 Å². The van der Waals surface area contributed by atoms with E-state index in [4.69, 9.17) is 20.3 Å². The molecule has 2 aliphatic heterocycles. The third-order valence-electron chi connectivity index (χ3n) is 7.91. The molecule has 0 aliphatic carbocycles. The average Bonchev–Trinajstić information content (AvgIpc) is 3.43. The fraction of sp³-hybridized carbons (Fsp3) is 0.323. The zero-order valence-corrected chi connectivity index (χ0v) is 23.5. The second-order valence-electron chi connectivity index (χ2n) is 10.7. The largest absolute Gasteiger partial charge is 0.454 e. The summed E-state index contributed by atoms with van der Waals surface area (Å²) in [5.41, 5.74) is 6.95. The number of hydrogen-bond acceptors (Lipinski definition) is 8. The number of halogens is 3. The molecule has 0 spiro atoms. The first-order valence-corrected chi connectivity index (χ1v) is 14.2. The molecular weight excluding hydrogens is 575 g/mol. The van der Waals surface area contributed by atoms with Crippen molar-refractivity contribution in [1.29, 1.82) is 5.26 Å². The Bertz CT molecular complexity index is 1800. The van der Waals surface area contributed by atoms with Gasteiger partial charge in [0.2, 0.25) is 5.82 Å². The van der Waals surface area contributed by atoms with E-state index in [1.165, 1.54) is 30.6 Å². The van der Waals surface area contributed by atoms with Gasteiger partial charge in [-0.25, -0.2) is 23.4 Å². The Morgan fingerprint density at radius 1 is 1.11 bits per heavy atom. The number of likely N-dealkylation sites (tertiary alicyclic amines) is 1. The van der Waals surface area contributed by atoms with Gasteiger partial charge in [0.25, 0.3) is 5.91 Å². The number of nitriles is 1. The van der Waals surface area contributed by atoms with Gasteiger partial charge in [-0.15, -0.1) is 0 Å². The van der Waals surface area contributed by atoms with Crippen LogP contribution < -0.4 is 10.5 Å². The first kappa shape index (κ1) is 29.1. The molecular formula is C31H28F3N7O3. The van der Waals surface area contributed by atoms with E-state index in [-0.39, 0.29) is 58.6 Å². The molecule has 0 bridgehead atoms. The lowest BCUT2D eigenvalue weighted by Crippen LogP contribution is -2.41. The first-order valence-electron chi connectivity index (χ1n) is 14.2. The van der Waals surface area contributed by atoms with Crippen LogP contribution in [0.3, 0.4) is 0 Å². The van der Waals surface area contributed by atoms with E-state index in [1.54, 1.807) is 15.7 Å². The number of carbonyl (C=O) groups is 1. The molecule has 1 amide bonds. The minimum atomic E-state index is -1.19. The first-order chi connectivity index (χ1) is 21.3. The van der Waals surface area contributed by atoms with Crippen LogP contribution in [0.15, 0.2) is 54.4 Å². The molecule has 44 heavy (non-hydrogen) atoms. The molecule has 4 heterocycles. The van der Waals surface area contributed by atoms with Crippen molar-refractivity contribution in [1.82, 2.24) is 24.6 Å². The van der Waals surface area contributed by atoms with Gasteiger partial charge >= 0.3 is 0 Å². The fourth-order valence-electron chi connectivity index (χ4n) is 5.66. The van der Waals surface area contributed by atoms with Crippen LogP contribution in [0.1, 0.15) is 31.7 Å². The quantitative estimate of drug-likeness (QED) is 0.231. The summed E-state index contributed by atoms with van der Waals surface area (Å²) >= 11 is 0. The summed E-state index contributed by atoms with van der Waals surface area (Å²) < 4.78 is 55.6. The third-order valence-corrected chi connectivity index (χ3v) is 7.91. The molecule has 226 valence electrons. The van der Waals surface area contributed by atoms with Crippen LogP contribution in [-0.2, 0) is 9.53 Å². The molecule has 2 N–H and O–H groups in total. The van der Waals surface area contributed by atoms with Crippen LogP contribution in [0, 0.1) is 34.7 Å². The molecule has 2 aromatic carbocycles. The number of ether oxygens (including phenoxy) is 2. The Labute approximate surface area is 250 Å². The van der Waals surface area contributed by atoms with Crippen LogP contribution in [0.25, 0.3) is 22.3 Å². The van der Waals surface area contributed by atoms with E-state index in [0.29, 0.717) is 43.6 Å². The van der Waals surface area contributed by atoms with Crippen molar-refractivity contribution >= 4 is 22.8 Å². The lowest BCUT2D eigenvalue weighted by molar-refractivity contribution is -0.128. The number of nitrogens with zero attached hydrogens (tertiary/aromatic N) is 6. The molecule has 6 rings (SSSR count). The molecule has 4 aromatic rings. The van der Waals surface area contributed by atoms with E-state index >= 15 is 4.39 Å². The summed E-state index contributed by atoms with van der Waals surface area (Å²) in [5, 5.41) is 14.8. The van der Waals surface area contributed by atoms with Crippen molar-refractivity contribution in [2.45, 2.75) is 31.7 Å². The molecule has 13 heteroatoms. The molecule has 0 saturated carbocycles. The van der Waals surface area contributed by atoms with Crippen LogP contribution in [-0.4, -0.2) is 56.9 Å². The second-order valence-corrected chi connectivity index (χ2v) is 10.7.